The van der Waals surface area contributed by atoms with Gasteiger partial charge in [0.15, 0.2) is 11.5 Å². The molecule has 160 valence electrons. The first-order chi connectivity index (χ1) is 15.0. The maximum Gasteiger partial charge on any atom is 0.257 e. The fourth-order valence-electron chi connectivity index (χ4n) is 2.86. The number of halogens is 1. The Balaban J connectivity index is 1.63. The number of nitrogens with one attached hydrogen (secondary N) is 3. The van der Waals surface area contributed by atoms with Gasteiger partial charge in [-0.3, -0.25) is 9.59 Å². The van der Waals surface area contributed by atoms with Crippen molar-refractivity contribution in [2.24, 2.45) is 0 Å². The predicted octanol–water partition coefficient (Wildman–Crippen LogP) is 4.15. The van der Waals surface area contributed by atoms with Crippen LogP contribution in [0.25, 0.3) is 0 Å². The minimum atomic E-state index is -0.388. The lowest BCUT2D eigenvalue weighted by molar-refractivity contribution is -0.114. The van der Waals surface area contributed by atoms with Crippen LogP contribution in [-0.4, -0.2) is 32.6 Å². The number of benzene rings is 3. The van der Waals surface area contributed by atoms with Crippen molar-refractivity contribution in [3.05, 3.63) is 78.1 Å². The highest BCUT2D eigenvalue weighted by atomic mass is 19.1. The number of hydrogen-bond donors (Lipinski definition) is 3. The Morgan fingerprint density at radius 3 is 2.23 bits per heavy atom. The molecular weight excluding hydrogens is 401 g/mol. The van der Waals surface area contributed by atoms with E-state index in [4.69, 9.17) is 9.47 Å². The molecule has 7 nitrogen and oxygen atoms in total. The van der Waals surface area contributed by atoms with Crippen LogP contribution < -0.4 is 25.4 Å². The molecule has 8 heteroatoms. The molecule has 0 aliphatic heterocycles. The van der Waals surface area contributed by atoms with E-state index in [2.05, 4.69) is 16.0 Å². The molecule has 3 N–H and O–H groups in total. The summed E-state index contributed by atoms with van der Waals surface area (Å²) in [7, 11) is 3.04. The smallest absolute Gasteiger partial charge is 0.257 e. The minimum absolute atomic E-state index is 0.0603. The third-order valence-corrected chi connectivity index (χ3v) is 4.38. The van der Waals surface area contributed by atoms with Gasteiger partial charge in [-0.25, -0.2) is 4.39 Å². The molecule has 0 saturated heterocycles. The molecule has 0 atom stereocenters. The summed E-state index contributed by atoms with van der Waals surface area (Å²) >= 11 is 0. The van der Waals surface area contributed by atoms with Gasteiger partial charge in [-0.2, -0.15) is 0 Å². The monoisotopic (exact) mass is 423 g/mol. The molecule has 0 aliphatic rings. The summed E-state index contributed by atoms with van der Waals surface area (Å²) in [5, 5.41) is 8.44. The second-order valence-electron chi connectivity index (χ2n) is 6.48. The van der Waals surface area contributed by atoms with Crippen LogP contribution in [-0.2, 0) is 4.79 Å². The second kappa shape index (κ2) is 10.1. The number of anilines is 3. The van der Waals surface area contributed by atoms with E-state index in [1.165, 1.54) is 38.5 Å². The molecule has 3 rings (SSSR count). The van der Waals surface area contributed by atoms with Crippen molar-refractivity contribution < 1.29 is 23.5 Å². The quantitative estimate of drug-likeness (QED) is 0.507. The molecule has 0 aromatic heterocycles. The molecule has 0 heterocycles. The first-order valence-corrected chi connectivity index (χ1v) is 9.42. The second-order valence-corrected chi connectivity index (χ2v) is 6.48. The van der Waals surface area contributed by atoms with Crippen LogP contribution >= 0.6 is 0 Å². The zero-order valence-electron chi connectivity index (χ0n) is 17.1. The number of carbonyl (C=O) groups excluding carboxylic acids is 2. The van der Waals surface area contributed by atoms with E-state index < -0.39 is 0 Å². The predicted molar refractivity (Wildman–Crippen MR) is 117 cm³/mol. The van der Waals surface area contributed by atoms with Gasteiger partial charge in [-0.1, -0.05) is 12.1 Å². The molecule has 2 amide bonds. The van der Waals surface area contributed by atoms with Crippen molar-refractivity contribution in [3.8, 4) is 11.5 Å². The third-order valence-electron chi connectivity index (χ3n) is 4.38. The van der Waals surface area contributed by atoms with Crippen molar-refractivity contribution in [2.75, 3.05) is 36.7 Å². The van der Waals surface area contributed by atoms with Gasteiger partial charge in [0.1, 0.15) is 5.82 Å². The summed E-state index contributed by atoms with van der Waals surface area (Å²) in [5.74, 6) is -0.0210. The zero-order chi connectivity index (χ0) is 22.2. The van der Waals surface area contributed by atoms with E-state index in [1.54, 1.807) is 42.5 Å². The molecule has 0 spiro atoms. The van der Waals surface area contributed by atoms with Crippen LogP contribution in [0.5, 0.6) is 11.5 Å². The van der Waals surface area contributed by atoms with Crippen molar-refractivity contribution >= 4 is 28.9 Å². The summed E-state index contributed by atoms with van der Waals surface area (Å²) in [5.41, 5.74) is 1.86. The Kier molecular flexibility index (Phi) is 7.05. The van der Waals surface area contributed by atoms with Gasteiger partial charge in [0.2, 0.25) is 5.91 Å². The number of amides is 2. The lowest BCUT2D eigenvalue weighted by Gasteiger charge is -2.13. The van der Waals surface area contributed by atoms with E-state index in [1.807, 2.05) is 0 Å². The summed E-state index contributed by atoms with van der Waals surface area (Å²) in [4.78, 5) is 25.0. The van der Waals surface area contributed by atoms with Gasteiger partial charge in [0, 0.05) is 23.1 Å². The van der Waals surface area contributed by atoms with Crippen molar-refractivity contribution in [1.29, 1.82) is 0 Å². The molecule has 0 radical (unpaired) electrons. The summed E-state index contributed by atoms with van der Waals surface area (Å²) in [6.07, 6.45) is 0. The van der Waals surface area contributed by atoms with E-state index >= 15 is 0 Å². The van der Waals surface area contributed by atoms with Crippen LogP contribution in [0.2, 0.25) is 0 Å². The largest absolute Gasteiger partial charge is 0.493 e. The number of hydrogen-bond acceptors (Lipinski definition) is 5. The first kappa shape index (κ1) is 21.6. The first-order valence-electron chi connectivity index (χ1n) is 9.42. The Morgan fingerprint density at radius 1 is 0.839 bits per heavy atom. The SMILES string of the molecule is COc1ccc(NC(=O)CNc2ccccc2C(=O)Nc2ccc(F)cc2)cc1OC. The molecule has 0 unspecified atom stereocenters. The standard InChI is InChI=1S/C23H22FN3O4/c1-30-20-12-11-17(13-21(20)31-2)26-22(28)14-25-19-6-4-3-5-18(19)23(29)27-16-9-7-15(24)8-10-16/h3-13,25H,14H2,1-2H3,(H,26,28)(H,27,29). The Bertz CT molecular complexity index is 1070. The summed E-state index contributed by atoms with van der Waals surface area (Å²) in [6.45, 7) is -0.0603. The van der Waals surface area contributed by atoms with E-state index in [9.17, 15) is 14.0 Å². The highest BCUT2D eigenvalue weighted by molar-refractivity contribution is 6.08. The number of rotatable bonds is 8. The Hall–Kier alpha value is -4.07. The van der Waals surface area contributed by atoms with Crippen LogP contribution in [0.4, 0.5) is 21.5 Å². The van der Waals surface area contributed by atoms with Gasteiger partial charge >= 0.3 is 0 Å². The number of carbonyl (C=O) groups is 2. The van der Waals surface area contributed by atoms with Crippen LogP contribution in [0.15, 0.2) is 66.7 Å². The molecule has 3 aromatic carbocycles. The highest BCUT2D eigenvalue weighted by Gasteiger charge is 2.13. The van der Waals surface area contributed by atoms with Crippen LogP contribution in [0, 0.1) is 5.82 Å². The van der Waals surface area contributed by atoms with Crippen LogP contribution in [0.1, 0.15) is 10.4 Å². The van der Waals surface area contributed by atoms with E-state index in [0.29, 0.717) is 34.1 Å². The normalized spacial score (nSPS) is 10.2. The van der Waals surface area contributed by atoms with E-state index in [0.717, 1.165) is 0 Å². The molecule has 31 heavy (non-hydrogen) atoms. The van der Waals surface area contributed by atoms with Gasteiger partial charge in [0.25, 0.3) is 5.91 Å². The molecule has 0 bridgehead atoms. The van der Waals surface area contributed by atoms with Gasteiger partial charge < -0.3 is 25.4 Å². The fraction of sp³-hybridized carbons (Fsp3) is 0.130. The highest BCUT2D eigenvalue weighted by Crippen LogP contribution is 2.29. The topological polar surface area (TPSA) is 88.7 Å². The molecule has 0 saturated carbocycles. The molecular formula is C23H22FN3O4. The van der Waals surface area contributed by atoms with Crippen molar-refractivity contribution in [3.63, 3.8) is 0 Å². The lowest BCUT2D eigenvalue weighted by atomic mass is 10.1. The maximum absolute atomic E-state index is 13.0. The molecule has 0 aliphatic carbocycles. The fourth-order valence-corrected chi connectivity index (χ4v) is 2.86. The number of ether oxygens (including phenoxy) is 2. The zero-order valence-corrected chi connectivity index (χ0v) is 17.1. The maximum atomic E-state index is 13.0. The summed E-state index contributed by atoms with van der Waals surface area (Å²) in [6, 6.07) is 17.3. The summed E-state index contributed by atoms with van der Waals surface area (Å²) < 4.78 is 23.5. The minimum Gasteiger partial charge on any atom is -0.493 e. The van der Waals surface area contributed by atoms with Crippen molar-refractivity contribution in [2.45, 2.75) is 0 Å². The number of methoxy groups -OCH3 is 2. The molecule has 0 fully saturated rings. The van der Waals surface area contributed by atoms with Gasteiger partial charge in [0.05, 0.1) is 26.3 Å². The van der Waals surface area contributed by atoms with Gasteiger partial charge in [-0.05, 0) is 48.5 Å². The van der Waals surface area contributed by atoms with Crippen LogP contribution in [0.3, 0.4) is 0 Å². The van der Waals surface area contributed by atoms with Gasteiger partial charge in [-0.15, -0.1) is 0 Å². The average molecular weight is 423 g/mol. The third kappa shape index (κ3) is 5.72. The Labute approximate surface area is 179 Å². The lowest BCUT2D eigenvalue weighted by Crippen LogP contribution is -2.23. The average Bonchev–Trinajstić information content (AvgIpc) is 2.79. The molecule has 3 aromatic rings. The Morgan fingerprint density at radius 2 is 1.52 bits per heavy atom. The number of para-hydroxylation sites is 1. The van der Waals surface area contributed by atoms with E-state index in [-0.39, 0.29) is 24.2 Å². The van der Waals surface area contributed by atoms with Crippen molar-refractivity contribution in [1.82, 2.24) is 0 Å².